The summed E-state index contributed by atoms with van der Waals surface area (Å²) < 4.78 is 11.4. The molecule has 2 aliphatic heterocycles. The lowest BCUT2D eigenvalue weighted by atomic mass is 10.0. The van der Waals surface area contributed by atoms with Gasteiger partial charge in [-0.25, -0.2) is 24.5 Å². The Labute approximate surface area is 303 Å². The fraction of sp³-hybridized carbons (Fsp3) is 0.450. The SMILES string of the molecule is C[C@@H]1CC[C@@H](c2ncc(-c3cnc4cc(-c5ccc(-c6cnc([C@@H]7C[C@H]8CC8N7C(=O)OC(C)(C)C)[nH]6)cc5)ccc4n3)[nH]2)N1C(=O)OC(C)(C)C. The maximum Gasteiger partial charge on any atom is 0.411 e. The van der Waals surface area contributed by atoms with Crippen molar-refractivity contribution >= 4 is 23.2 Å². The van der Waals surface area contributed by atoms with Gasteiger partial charge in [-0.15, -0.1) is 0 Å². The molecule has 1 unspecified atom stereocenters. The zero-order valence-corrected chi connectivity index (χ0v) is 30.8. The van der Waals surface area contributed by atoms with Crippen molar-refractivity contribution in [3.05, 3.63) is 72.7 Å². The summed E-state index contributed by atoms with van der Waals surface area (Å²) in [7, 11) is 0. The summed E-state index contributed by atoms with van der Waals surface area (Å²) in [5, 5.41) is 0. The van der Waals surface area contributed by atoms with Crippen molar-refractivity contribution in [2.75, 3.05) is 0 Å². The fourth-order valence-corrected chi connectivity index (χ4v) is 7.60. The summed E-state index contributed by atoms with van der Waals surface area (Å²) in [6.07, 6.45) is 8.39. The van der Waals surface area contributed by atoms with Crippen LogP contribution in [0.15, 0.2) is 61.1 Å². The van der Waals surface area contributed by atoms with Crippen molar-refractivity contribution in [2.45, 2.75) is 110 Å². The molecule has 0 spiro atoms. The van der Waals surface area contributed by atoms with E-state index in [9.17, 15) is 9.59 Å². The maximum absolute atomic E-state index is 13.0. The van der Waals surface area contributed by atoms with E-state index in [4.69, 9.17) is 24.4 Å². The van der Waals surface area contributed by atoms with Crippen LogP contribution in [-0.2, 0) is 9.47 Å². The third kappa shape index (κ3) is 6.62. The van der Waals surface area contributed by atoms with E-state index in [0.717, 1.165) is 76.4 Å². The van der Waals surface area contributed by atoms with Crippen molar-refractivity contribution in [1.29, 1.82) is 0 Å². The molecule has 8 rings (SSSR count). The van der Waals surface area contributed by atoms with E-state index in [-0.39, 0.29) is 36.4 Å². The first-order chi connectivity index (χ1) is 24.7. The van der Waals surface area contributed by atoms with Gasteiger partial charge in [0.2, 0.25) is 0 Å². The van der Waals surface area contributed by atoms with Crippen molar-refractivity contribution in [3.63, 3.8) is 0 Å². The Balaban J connectivity index is 0.960. The maximum atomic E-state index is 13.0. The zero-order chi connectivity index (χ0) is 36.5. The average Bonchev–Trinajstić information content (AvgIpc) is 3.57. The predicted octanol–water partition coefficient (Wildman–Crippen LogP) is 8.61. The van der Waals surface area contributed by atoms with E-state index in [1.165, 1.54) is 0 Å². The van der Waals surface area contributed by atoms with Crippen LogP contribution < -0.4 is 0 Å². The molecule has 2 saturated heterocycles. The number of amides is 2. The molecule has 3 fully saturated rings. The van der Waals surface area contributed by atoms with Gasteiger partial charge in [-0.3, -0.25) is 14.8 Å². The van der Waals surface area contributed by atoms with Gasteiger partial charge in [-0.05, 0) is 109 Å². The van der Waals surface area contributed by atoms with Gasteiger partial charge in [0.25, 0.3) is 0 Å². The smallest absolute Gasteiger partial charge is 0.411 e. The molecule has 270 valence electrons. The monoisotopic (exact) mass is 702 g/mol. The fourth-order valence-electron chi connectivity index (χ4n) is 7.60. The molecule has 3 aromatic heterocycles. The van der Waals surface area contributed by atoms with Crippen molar-refractivity contribution < 1.29 is 19.1 Å². The minimum atomic E-state index is -0.572. The first-order valence-electron chi connectivity index (χ1n) is 18.2. The number of aromatic nitrogens is 6. The van der Waals surface area contributed by atoms with Crippen LogP contribution in [0.4, 0.5) is 9.59 Å². The second-order valence-corrected chi connectivity index (χ2v) is 16.4. The number of benzene rings is 2. The Bertz CT molecular complexity index is 2140. The highest BCUT2D eigenvalue weighted by molar-refractivity contribution is 5.83. The molecule has 52 heavy (non-hydrogen) atoms. The number of H-pyrrole nitrogens is 2. The Morgan fingerprint density at radius 2 is 1.31 bits per heavy atom. The molecule has 0 radical (unpaired) electrons. The van der Waals surface area contributed by atoms with E-state index >= 15 is 0 Å². The number of nitrogens with one attached hydrogen (secondary N) is 2. The third-order valence-electron chi connectivity index (χ3n) is 10.2. The van der Waals surface area contributed by atoms with Crippen LogP contribution in [0.25, 0.3) is 44.8 Å². The van der Waals surface area contributed by atoms with Crippen LogP contribution in [0, 0.1) is 5.92 Å². The average molecular weight is 703 g/mol. The van der Waals surface area contributed by atoms with Crippen molar-refractivity contribution in [2.24, 2.45) is 5.92 Å². The van der Waals surface area contributed by atoms with E-state index in [1.807, 2.05) is 71.7 Å². The summed E-state index contributed by atoms with van der Waals surface area (Å²) >= 11 is 0. The van der Waals surface area contributed by atoms with Crippen LogP contribution in [0.2, 0.25) is 0 Å². The standard InChI is InChI=1S/C40H46N8O4/c1-22-8-15-32(47(22)37(49)51-39(2,3)4)35-43-21-31(46-35)30-20-41-28-16-25(13-14-27(28)44-30)23-9-11-24(12-10-23)29-19-42-36(45-29)34-18-26-17-33(26)48(34)38(50)52-40(5,6)7/h9-14,16,19-22,26,32-34H,8,15,17-18H2,1-7H3,(H,42,45)(H,43,46)/t22-,26-,32+,33?,34+/m1/s1. The number of carbonyl (C=O) groups is 2. The highest BCUT2D eigenvalue weighted by atomic mass is 16.6. The Morgan fingerprint density at radius 1 is 0.692 bits per heavy atom. The molecule has 2 N–H and O–H groups in total. The normalized spacial score (nSPS) is 22.9. The van der Waals surface area contributed by atoms with Gasteiger partial charge in [-0.2, -0.15) is 0 Å². The Morgan fingerprint density at radius 3 is 2.02 bits per heavy atom. The van der Waals surface area contributed by atoms with Gasteiger partial charge in [0.1, 0.15) is 28.5 Å². The highest BCUT2D eigenvalue weighted by Gasteiger charge is 2.56. The minimum Gasteiger partial charge on any atom is -0.444 e. The summed E-state index contributed by atoms with van der Waals surface area (Å²) in [4.78, 5) is 55.6. The summed E-state index contributed by atoms with van der Waals surface area (Å²) in [5.41, 5.74) is 5.88. The first-order valence-corrected chi connectivity index (χ1v) is 18.2. The molecule has 5 atom stereocenters. The predicted molar refractivity (Wildman–Crippen MR) is 197 cm³/mol. The molecule has 2 aromatic carbocycles. The van der Waals surface area contributed by atoms with Crippen LogP contribution in [0.1, 0.15) is 97.9 Å². The number of hydrogen-bond donors (Lipinski definition) is 2. The van der Waals surface area contributed by atoms with Crippen LogP contribution in [0.3, 0.4) is 0 Å². The Kier molecular flexibility index (Phi) is 8.11. The van der Waals surface area contributed by atoms with Gasteiger partial charge >= 0.3 is 12.2 Å². The first kappa shape index (κ1) is 33.9. The molecule has 5 aromatic rings. The molecular weight excluding hydrogens is 656 g/mol. The molecule has 1 saturated carbocycles. The largest absolute Gasteiger partial charge is 0.444 e. The number of carbonyl (C=O) groups excluding carboxylic acids is 2. The summed E-state index contributed by atoms with van der Waals surface area (Å²) in [6.45, 7) is 13.4. The number of piperidine rings is 1. The van der Waals surface area contributed by atoms with Crippen LogP contribution >= 0.6 is 0 Å². The second kappa shape index (κ2) is 12.5. The number of ether oxygens (including phenoxy) is 2. The lowest BCUT2D eigenvalue weighted by Gasteiger charge is -2.30. The number of nitrogens with zero attached hydrogens (tertiary/aromatic N) is 6. The zero-order valence-electron chi connectivity index (χ0n) is 30.8. The van der Waals surface area contributed by atoms with E-state index in [2.05, 4.69) is 45.3 Å². The summed E-state index contributed by atoms with van der Waals surface area (Å²) in [5.74, 6) is 2.04. The molecule has 5 heterocycles. The quantitative estimate of drug-likeness (QED) is 0.185. The number of likely N-dealkylation sites (tertiary alicyclic amines) is 2. The van der Waals surface area contributed by atoms with Crippen molar-refractivity contribution in [3.8, 4) is 33.8 Å². The molecule has 1 aliphatic carbocycles. The van der Waals surface area contributed by atoms with Crippen LogP contribution in [0.5, 0.6) is 0 Å². The Hall–Kier alpha value is -5.26. The lowest BCUT2D eigenvalue weighted by Crippen LogP contribution is -2.40. The molecule has 12 nitrogen and oxygen atoms in total. The number of fused-ring (bicyclic) bond motifs is 2. The van der Waals surface area contributed by atoms with Gasteiger partial charge in [-0.1, -0.05) is 30.3 Å². The second-order valence-electron chi connectivity index (χ2n) is 16.4. The van der Waals surface area contributed by atoms with E-state index in [0.29, 0.717) is 11.6 Å². The van der Waals surface area contributed by atoms with Crippen LogP contribution in [-0.4, -0.2) is 75.2 Å². The van der Waals surface area contributed by atoms with Gasteiger partial charge < -0.3 is 19.4 Å². The number of aromatic amines is 2. The van der Waals surface area contributed by atoms with Crippen molar-refractivity contribution in [1.82, 2.24) is 39.7 Å². The van der Waals surface area contributed by atoms with E-state index in [1.54, 1.807) is 17.3 Å². The molecule has 3 aliphatic rings. The van der Waals surface area contributed by atoms with Gasteiger partial charge in [0.05, 0.1) is 53.1 Å². The summed E-state index contributed by atoms with van der Waals surface area (Å²) in [6, 6.07) is 14.4. The third-order valence-corrected chi connectivity index (χ3v) is 10.2. The lowest BCUT2D eigenvalue weighted by molar-refractivity contribution is 0.0147. The molecule has 12 heteroatoms. The highest BCUT2D eigenvalue weighted by Crippen LogP contribution is 2.53. The number of hydrogen-bond acceptors (Lipinski definition) is 8. The molecule has 0 bridgehead atoms. The minimum absolute atomic E-state index is 0.0586. The molecular formula is C40H46N8O4. The molecule has 2 amide bonds. The number of imidazole rings is 2. The van der Waals surface area contributed by atoms with Gasteiger partial charge in [0.15, 0.2) is 0 Å². The number of rotatable bonds is 5. The topological polar surface area (TPSA) is 142 Å². The van der Waals surface area contributed by atoms with Gasteiger partial charge in [0, 0.05) is 12.1 Å². The van der Waals surface area contributed by atoms with E-state index < -0.39 is 11.2 Å².